The maximum atomic E-state index is 12.3. The van der Waals surface area contributed by atoms with Gasteiger partial charge >= 0.3 is 0 Å². The van der Waals surface area contributed by atoms with Crippen LogP contribution in [-0.4, -0.2) is 24.8 Å². The van der Waals surface area contributed by atoms with Gasteiger partial charge in [-0.3, -0.25) is 9.59 Å². The summed E-state index contributed by atoms with van der Waals surface area (Å²) in [6, 6.07) is 16.8. The van der Waals surface area contributed by atoms with E-state index in [1.54, 1.807) is 31.4 Å². The first kappa shape index (κ1) is 22.4. The molecule has 0 aliphatic carbocycles. The van der Waals surface area contributed by atoms with E-state index in [9.17, 15) is 9.59 Å². The Hall–Kier alpha value is -2.92. The van der Waals surface area contributed by atoms with Gasteiger partial charge in [0, 0.05) is 12.1 Å². The van der Waals surface area contributed by atoms with Gasteiger partial charge in [0.1, 0.15) is 11.5 Å². The SMILES string of the molecule is CC[C@H](N)C(=O)C[C@H](/C=C/C(=O)Nc1ccc(OC)cc1)CCc1ccccc1. The van der Waals surface area contributed by atoms with Crippen molar-refractivity contribution in [2.75, 3.05) is 12.4 Å². The van der Waals surface area contributed by atoms with E-state index in [1.807, 2.05) is 31.2 Å². The minimum Gasteiger partial charge on any atom is -0.497 e. The molecule has 0 bridgehead atoms. The zero-order valence-corrected chi connectivity index (χ0v) is 17.1. The highest BCUT2D eigenvalue weighted by molar-refractivity contribution is 5.99. The maximum Gasteiger partial charge on any atom is 0.248 e. The van der Waals surface area contributed by atoms with Crippen molar-refractivity contribution in [2.24, 2.45) is 11.7 Å². The lowest BCUT2D eigenvalue weighted by Crippen LogP contribution is -2.30. The van der Waals surface area contributed by atoms with Crippen LogP contribution in [0, 0.1) is 5.92 Å². The molecule has 0 saturated carbocycles. The molecule has 0 heterocycles. The molecule has 2 aromatic carbocycles. The van der Waals surface area contributed by atoms with E-state index in [4.69, 9.17) is 10.5 Å². The number of hydrogen-bond acceptors (Lipinski definition) is 4. The highest BCUT2D eigenvalue weighted by atomic mass is 16.5. The van der Waals surface area contributed by atoms with Crippen LogP contribution in [0.1, 0.15) is 31.7 Å². The largest absolute Gasteiger partial charge is 0.497 e. The maximum absolute atomic E-state index is 12.3. The molecule has 0 aliphatic rings. The van der Waals surface area contributed by atoms with Gasteiger partial charge in [0.2, 0.25) is 5.91 Å². The van der Waals surface area contributed by atoms with Gasteiger partial charge < -0.3 is 15.8 Å². The molecule has 0 fully saturated rings. The molecule has 0 radical (unpaired) electrons. The first-order valence-corrected chi connectivity index (χ1v) is 9.97. The summed E-state index contributed by atoms with van der Waals surface area (Å²) in [5.74, 6) is 0.491. The molecule has 0 spiro atoms. The number of amides is 1. The number of anilines is 1. The highest BCUT2D eigenvalue weighted by Crippen LogP contribution is 2.18. The number of ketones is 1. The third-order valence-corrected chi connectivity index (χ3v) is 4.84. The number of rotatable bonds is 11. The Bertz CT molecular complexity index is 801. The average molecular weight is 395 g/mol. The Labute approximate surface area is 173 Å². The minimum absolute atomic E-state index is 0.0331. The Kier molecular flexibility index (Phi) is 9.12. The monoisotopic (exact) mass is 394 g/mol. The second-order valence-electron chi connectivity index (χ2n) is 7.05. The van der Waals surface area contributed by atoms with E-state index in [0.717, 1.165) is 18.6 Å². The van der Waals surface area contributed by atoms with Crippen molar-refractivity contribution in [2.45, 2.75) is 38.6 Å². The predicted octanol–water partition coefficient (Wildman–Crippen LogP) is 4.14. The second kappa shape index (κ2) is 11.8. The lowest BCUT2D eigenvalue weighted by molar-refractivity contribution is -0.121. The number of carbonyl (C=O) groups is 2. The van der Waals surface area contributed by atoms with Crippen LogP contribution in [0.15, 0.2) is 66.7 Å². The number of methoxy groups -OCH3 is 1. The van der Waals surface area contributed by atoms with Crippen molar-refractivity contribution >= 4 is 17.4 Å². The molecule has 0 aromatic heterocycles. The van der Waals surface area contributed by atoms with Crippen molar-refractivity contribution in [1.29, 1.82) is 0 Å². The number of ether oxygens (including phenoxy) is 1. The normalized spacial score (nSPS) is 13.1. The highest BCUT2D eigenvalue weighted by Gasteiger charge is 2.17. The van der Waals surface area contributed by atoms with E-state index in [1.165, 1.54) is 11.6 Å². The standard InChI is InChI=1S/C24H30N2O3/c1-3-22(25)23(27)17-19(10-9-18-7-5-4-6-8-18)11-16-24(28)26-20-12-14-21(29-2)15-13-20/h4-8,11-16,19,22H,3,9-10,17,25H2,1-2H3,(H,26,28)/b16-11+/t19-,22-/m0/s1. The number of aryl methyl sites for hydroxylation is 1. The van der Waals surface area contributed by atoms with E-state index in [-0.39, 0.29) is 17.6 Å². The van der Waals surface area contributed by atoms with Crippen LogP contribution in [0.2, 0.25) is 0 Å². The Morgan fingerprint density at radius 3 is 2.41 bits per heavy atom. The van der Waals surface area contributed by atoms with Gasteiger partial charge in [-0.05, 0) is 61.1 Å². The smallest absolute Gasteiger partial charge is 0.248 e. The minimum atomic E-state index is -0.448. The van der Waals surface area contributed by atoms with Crippen molar-refractivity contribution in [1.82, 2.24) is 0 Å². The number of benzene rings is 2. The van der Waals surface area contributed by atoms with Gasteiger partial charge in [0.05, 0.1) is 13.2 Å². The molecule has 5 heteroatoms. The second-order valence-corrected chi connectivity index (χ2v) is 7.05. The van der Waals surface area contributed by atoms with Crippen molar-refractivity contribution < 1.29 is 14.3 Å². The molecule has 2 aromatic rings. The molecule has 2 atom stereocenters. The lowest BCUT2D eigenvalue weighted by Gasteiger charge is -2.15. The summed E-state index contributed by atoms with van der Waals surface area (Å²) < 4.78 is 5.11. The topological polar surface area (TPSA) is 81.4 Å². The molecule has 0 aliphatic heterocycles. The van der Waals surface area contributed by atoms with E-state index in [2.05, 4.69) is 17.4 Å². The zero-order valence-electron chi connectivity index (χ0n) is 17.1. The molecule has 2 rings (SSSR count). The Balaban J connectivity index is 1.99. The summed E-state index contributed by atoms with van der Waals surface area (Å²) in [6.45, 7) is 1.90. The molecule has 3 N–H and O–H groups in total. The molecular weight excluding hydrogens is 364 g/mol. The first-order chi connectivity index (χ1) is 14.0. The predicted molar refractivity (Wildman–Crippen MR) is 117 cm³/mol. The molecule has 154 valence electrons. The summed E-state index contributed by atoms with van der Waals surface area (Å²) in [5, 5.41) is 2.82. The van der Waals surface area contributed by atoms with Crippen molar-refractivity contribution in [3.05, 3.63) is 72.3 Å². The van der Waals surface area contributed by atoms with Crippen LogP contribution in [0.3, 0.4) is 0 Å². The van der Waals surface area contributed by atoms with Crippen molar-refractivity contribution in [3.8, 4) is 5.75 Å². The molecule has 1 amide bonds. The summed E-state index contributed by atoms with van der Waals surface area (Å²) in [7, 11) is 1.59. The lowest BCUT2D eigenvalue weighted by atomic mass is 9.91. The van der Waals surface area contributed by atoms with Gasteiger partial charge in [-0.15, -0.1) is 0 Å². The van der Waals surface area contributed by atoms with Crippen LogP contribution < -0.4 is 15.8 Å². The summed E-state index contributed by atoms with van der Waals surface area (Å²) in [4.78, 5) is 24.6. The molecule has 5 nitrogen and oxygen atoms in total. The molecule has 0 unspecified atom stereocenters. The fourth-order valence-electron chi connectivity index (χ4n) is 2.98. The first-order valence-electron chi connectivity index (χ1n) is 9.97. The third-order valence-electron chi connectivity index (χ3n) is 4.84. The van der Waals surface area contributed by atoms with Crippen LogP contribution in [0.25, 0.3) is 0 Å². The molecule has 0 saturated heterocycles. The van der Waals surface area contributed by atoms with E-state index >= 15 is 0 Å². The van der Waals surface area contributed by atoms with Crippen LogP contribution >= 0.6 is 0 Å². The fourth-order valence-corrected chi connectivity index (χ4v) is 2.98. The Morgan fingerprint density at radius 2 is 1.79 bits per heavy atom. The van der Waals surface area contributed by atoms with Crippen molar-refractivity contribution in [3.63, 3.8) is 0 Å². The van der Waals surface area contributed by atoms with Gasteiger partial charge in [-0.25, -0.2) is 0 Å². The van der Waals surface area contributed by atoms with E-state index in [0.29, 0.717) is 18.5 Å². The number of allylic oxidation sites excluding steroid dienone is 1. The number of carbonyl (C=O) groups excluding carboxylic acids is 2. The third kappa shape index (κ3) is 7.92. The van der Waals surface area contributed by atoms with Gasteiger partial charge in [0.15, 0.2) is 0 Å². The van der Waals surface area contributed by atoms with Crippen LogP contribution in [-0.2, 0) is 16.0 Å². The van der Waals surface area contributed by atoms with Gasteiger partial charge in [0.25, 0.3) is 0 Å². The number of nitrogens with one attached hydrogen (secondary N) is 1. The van der Waals surface area contributed by atoms with Crippen LogP contribution in [0.4, 0.5) is 5.69 Å². The van der Waals surface area contributed by atoms with E-state index < -0.39 is 6.04 Å². The summed E-state index contributed by atoms with van der Waals surface area (Å²) >= 11 is 0. The van der Waals surface area contributed by atoms with Gasteiger partial charge in [-0.2, -0.15) is 0 Å². The van der Waals surface area contributed by atoms with Gasteiger partial charge in [-0.1, -0.05) is 43.3 Å². The number of hydrogen-bond donors (Lipinski definition) is 2. The summed E-state index contributed by atoms with van der Waals surface area (Å²) in [6.07, 6.45) is 5.90. The summed E-state index contributed by atoms with van der Waals surface area (Å²) in [5.41, 5.74) is 7.79. The average Bonchev–Trinajstić information content (AvgIpc) is 2.76. The number of nitrogens with two attached hydrogens (primary N) is 1. The quantitative estimate of drug-likeness (QED) is 0.561. The molecule has 29 heavy (non-hydrogen) atoms. The Morgan fingerprint density at radius 1 is 1.10 bits per heavy atom. The van der Waals surface area contributed by atoms with Crippen LogP contribution in [0.5, 0.6) is 5.75 Å². The zero-order chi connectivity index (χ0) is 21.1. The number of Topliss-reactive ketones (excluding diaryl/α,β-unsaturated/α-hetero) is 1. The molecular formula is C24H30N2O3. The fraction of sp³-hybridized carbons (Fsp3) is 0.333.